The molecule has 0 radical (unpaired) electrons. The van der Waals surface area contributed by atoms with Crippen LogP contribution in [-0.4, -0.2) is 9.78 Å². The standard InChI is InChI=1S/C19H11N5O2/c20-6-3-7-24-12-15(8-13(10-21)11-22)18(23-24)16-9-14-4-1-2-5-17(14)26-19(16)25/h1-2,4-5,8-9,12H,3,7H2. The fraction of sp³-hybridized carbons (Fsp3) is 0.105. The molecule has 1 aromatic carbocycles. The van der Waals surface area contributed by atoms with Gasteiger partial charge in [0, 0.05) is 17.1 Å². The van der Waals surface area contributed by atoms with Crippen LogP contribution in [0, 0.1) is 34.0 Å². The first-order chi connectivity index (χ1) is 12.7. The van der Waals surface area contributed by atoms with Gasteiger partial charge >= 0.3 is 5.63 Å². The first-order valence-corrected chi connectivity index (χ1v) is 7.66. The Balaban J connectivity index is 2.22. The van der Waals surface area contributed by atoms with E-state index >= 15 is 0 Å². The number of fused-ring (bicyclic) bond motifs is 1. The number of nitriles is 3. The first kappa shape index (κ1) is 16.7. The van der Waals surface area contributed by atoms with Gasteiger partial charge < -0.3 is 4.42 Å². The lowest BCUT2D eigenvalue weighted by Crippen LogP contribution is -2.05. The van der Waals surface area contributed by atoms with E-state index in [2.05, 4.69) is 5.10 Å². The molecule has 3 rings (SSSR count). The Morgan fingerprint density at radius 2 is 2.00 bits per heavy atom. The van der Waals surface area contributed by atoms with Crippen molar-refractivity contribution in [1.82, 2.24) is 9.78 Å². The maximum atomic E-state index is 12.4. The van der Waals surface area contributed by atoms with Crippen molar-refractivity contribution in [2.24, 2.45) is 0 Å². The van der Waals surface area contributed by atoms with Crippen molar-refractivity contribution in [3.8, 4) is 29.5 Å². The molecular weight excluding hydrogens is 330 g/mol. The topological polar surface area (TPSA) is 119 Å². The second-order valence-corrected chi connectivity index (χ2v) is 5.37. The third-order valence-electron chi connectivity index (χ3n) is 3.68. The van der Waals surface area contributed by atoms with Crippen molar-refractivity contribution >= 4 is 17.0 Å². The van der Waals surface area contributed by atoms with Gasteiger partial charge in [0.25, 0.3) is 0 Å². The van der Waals surface area contributed by atoms with Crippen molar-refractivity contribution in [3.05, 3.63) is 58.1 Å². The molecule has 0 spiro atoms. The summed E-state index contributed by atoms with van der Waals surface area (Å²) in [6.45, 7) is 0.324. The molecule has 0 N–H and O–H groups in total. The Bertz CT molecular complexity index is 1180. The maximum absolute atomic E-state index is 12.4. The summed E-state index contributed by atoms with van der Waals surface area (Å²) < 4.78 is 6.85. The molecule has 0 saturated carbocycles. The molecule has 3 aromatic rings. The van der Waals surface area contributed by atoms with Crippen LogP contribution in [0.4, 0.5) is 0 Å². The number of aryl methyl sites for hydroxylation is 1. The van der Waals surface area contributed by atoms with Crippen LogP contribution >= 0.6 is 0 Å². The van der Waals surface area contributed by atoms with Gasteiger partial charge in [-0.3, -0.25) is 4.68 Å². The summed E-state index contributed by atoms with van der Waals surface area (Å²) >= 11 is 0. The molecule has 0 bridgehead atoms. The largest absolute Gasteiger partial charge is 0.422 e. The average molecular weight is 341 g/mol. The van der Waals surface area contributed by atoms with Crippen LogP contribution in [0.3, 0.4) is 0 Å². The molecule has 7 heteroatoms. The highest BCUT2D eigenvalue weighted by atomic mass is 16.4. The quantitative estimate of drug-likeness (QED) is 0.531. The van der Waals surface area contributed by atoms with Crippen LogP contribution in [0.15, 0.2) is 51.3 Å². The zero-order valence-electron chi connectivity index (χ0n) is 13.5. The fourth-order valence-corrected chi connectivity index (χ4v) is 2.50. The number of aromatic nitrogens is 2. The second-order valence-electron chi connectivity index (χ2n) is 5.37. The van der Waals surface area contributed by atoms with E-state index in [1.54, 1.807) is 42.6 Å². The van der Waals surface area contributed by atoms with Gasteiger partial charge in [-0.05, 0) is 18.2 Å². The molecule has 0 saturated heterocycles. The van der Waals surface area contributed by atoms with Crippen LogP contribution < -0.4 is 5.63 Å². The zero-order valence-corrected chi connectivity index (χ0v) is 13.5. The molecule has 0 atom stereocenters. The first-order valence-electron chi connectivity index (χ1n) is 7.66. The summed E-state index contributed by atoms with van der Waals surface area (Å²) in [6.07, 6.45) is 3.19. The Kier molecular flexibility index (Phi) is 4.60. The Morgan fingerprint density at radius 3 is 2.73 bits per heavy atom. The van der Waals surface area contributed by atoms with Gasteiger partial charge in [-0.2, -0.15) is 20.9 Å². The number of para-hydroxylation sites is 1. The van der Waals surface area contributed by atoms with Crippen molar-refractivity contribution in [1.29, 1.82) is 15.8 Å². The molecule has 0 aliphatic carbocycles. The highest BCUT2D eigenvalue weighted by Gasteiger charge is 2.16. The van der Waals surface area contributed by atoms with Crippen molar-refractivity contribution in [2.45, 2.75) is 13.0 Å². The molecule has 2 aromatic heterocycles. The van der Waals surface area contributed by atoms with Crippen molar-refractivity contribution < 1.29 is 4.42 Å². The Labute approximate surface area is 148 Å². The predicted molar refractivity (Wildman–Crippen MR) is 93.1 cm³/mol. The van der Waals surface area contributed by atoms with Gasteiger partial charge in [0.15, 0.2) is 0 Å². The number of nitrogens with zero attached hydrogens (tertiary/aromatic N) is 5. The van der Waals surface area contributed by atoms with Crippen molar-refractivity contribution in [3.63, 3.8) is 0 Å². The summed E-state index contributed by atoms with van der Waals surface area (Å²) in [5, 5.41) is 31.8. The molecule has 2 heterocycles. The monoisotopic (exact) mass is 341 g/mol. The zero-order chi connectivity index (χ0) is 18.5. The normalized spacial score (nSPS) is 9.88. The lowest BCUT2D eigenvalue weighted by molar-refractivity contribution is 0.562. The Hall–Kier alpha value is -4.15. The van der Waals surface area contributed by atoms with Crippen LogP contribution in [0.5, 0.6) is 0 Å². The lowest BCUT2D eigenvalue weighted by atomic mass is 10.1. The summed E-state index contributed by atoms with van der Waals surface area (Å²) in [5.74, 6) is 0. The molecular formula is C19H11N5O2. The average Bonchev–Trinajstić information content (AvgIpc) is 3.06. The predicted octanol–water partition coefficient (Wildman–Crippen LogP) is 3.00. The van der Waals surface area contributed by atoms with Crippen LogP contribution in [-0.2, 0) is 6.54 Å². The number of benzene rings is 1. The summed E-state index contributed by atoms with van der Waals surface area (Å²) in [4.78, 5) is 12.4. The van der Waals surface area contributed by atoms with Gasteiger partial charge in [0.2, 0.25) is 0 Å². The summed E-state index contributed by atoms with van der Waals surface area (Å²) in [6, 6.07) is 14.3. The van der Waals surface area contributed by atoms with Gasteiger partial charge in [-0.1, -0.05) is 18.2 Å². The molecule has 0 aliphatic rings. The van der Waals surface area contributed by atoms with E-state index in [0.29, 0.717) is 23.4 Å². The SMILES string of the molecule is N#CCCn1cc(C=C(C#N)C#N)c(-c2cc3ccccc3oc2=O)n1. The van der Waals surface area contributed by atoms with E-state index in [1.165, 1.54) is 10.8 Å². The van der Waals surface area contributed by atoms with Crippen LogP contribution in [0.2, 0.25) is 0 Å². The van der Waals surface area contributed by atoms with Gasteiger partial charge in [0.1, 0.15) is 29.0 Å². The summed E-state index contributed by atoms with van der Waals surface area (Å²) in [7, 11) is 0. The molecule has 124 valence electrons. The highest BCUT2D eigenvalue weighted by molar-refractivity contribution is 5.83. The summed E-state index contributed by atoms with van der Waals surface area (Å²) in [5.41, 5.74) is 0.725. The number of hydrogen-bond donors (Lipinski definition) is 0. The number of hydrogen-bond acceptors (Lipinski definition) is 6. The van der Waals surface area contributed by atoms with E-state index in [0.717, 1.165) is 5.39 Å². The molecule has 7 nitrogen and oxygen atoms in total. The van der Waals surface area contributed by atoms with E-state index in [4.69, 9.17) is 20.2 Å². The third-order valence-corrected chi connectivity index (χ3v) is 3.68. The highest BCUT2D eigenvalue weighted by Crippen LogP contribution is 2.25. The van der Waals surface area contributed by atoms with E-state index in [1.807, 2.05) is 12.1 Å². The number of rotatable bonds is 4. The van der Waals surface area contributed by atoms with Gasteiger partial charge in [0.05, 0.1) is 24.6 Å². The number of allylic oxidation sites excluding steroid dienone is 1. The van der Waals surface area contributed by atoms with Gasteiger partial charge in [-0.15, -0.1) is 0 Å². The fourth-order valence-electron chi connectivity index (χ4n) is 2.50. The molecule has 0 amide bonds. The molecule has 0 aliphatic heterocycles. The Morgan fingerprint density at radius 1 is 1.23 bits per heavy atom. The van der Waals surface area contributed by atoms with Gasteiger partial charge in [-0.25, -0.2) is 4.79 Å². The molecule has 0 unspecified atom stereocenters. The minimum atomic E-state index is -0.570. The van der Waals surface area contributed by atoms with E-state index in [-0.39, 0.29) is 17.6 Å². The van der Waals surface area contributed by atoms with E-state index in [9.17, 15) is 4.79 Å². The lowest BCUT2D eigenvalue weighted by Gasteiger charge is -2.01. The maximum Gasteiger partial charge on any atom is 0.345 e. The smallest absolute Gasteiger partial charge is 0.345 e. The van der Waals surface area contributed by atoms with Crippen molar-refractivity contribution in [2.75, 3.05) is 0 Å². The van der Waals surface area contributed by atoms with Crippen LogP contribution in [0.1, 0.15) is 12.0 Å². The van der Waals surface area contributed by atoms with Crippen LogP contribution in [0.25, 0.3) is 28.3 Å². The van der Waals surface area contributed by atoms with E-state index < -0.39 is 5.63 Å². The molecule has 0 fully saturated rings. The third kappa shape index (κ3) is 3.21. The minimum Gasteiger partial charge on any atom is -0.422 e. The second kappa shape index (κ2) is 7.17. The minimum absolute atomic E-state index is 0.115. The molecule has 26 heavy (non-hydrogen) atoms.